The maximum absolute atomic E-state index is 10.7. The number of carboxylic acid groups (broad SMARTS) is 1. The van der Waals surface area contributed by atoms with E-state index in [1.165, 1.54) is 14.2 Å². The maximum atomic E-state index is 10.7. The van der Waals surface area contributed by atoms with Gasteiger partial charge in [-0.3, -0.25) is 0 Å². The fourth-order valence-corrected chi connectivity index (χ4v) is 1.03. The van der Waals surface area contributed by atoms with Crippen molar-refractivity contribution in [2.45, 2.75) is 6.10 Å². The van der Waals surface area contributed by atoms with E-state index in [1.54, 1.807) is 0 Å². The fourth-order valence-electron chi connectivity index (χ4n) is 1.03. The number of H-pyrrole nitrogens is 1. The van der Waals surface area contributed by atoms with Crippen LogP contribution in [0.5, 0.6) is 0 Å². The predicted octanol–water partition coefficient (Wildman–Crippen LogP) is -0.163. The summed E-state index contributed by atoms with van der Waals surface area (Å²) in [6.45, 7) is 0.226. The van der Waals surface area contributed by atoms with E-state index in [4.69, 9.17) is 14.6 Å². The quantitative estimate of drug-likeness (QED) is 0.686. The van der Waals surface area contributed by atoms with Gasteiger partial charge in [0.15, 0.2) is 5.69 Å². The number of nitrogens with one attached hydrogen (secondary N) is 1. The lowest BCUT2D eigenvalue weighted by molar-refractivity contribution is 0.0236. The molecule has 0 fully saturated rings. The van der Waals surface area contributed by atoms with Gasteiger partial charge in [0.2, 0.25) is 0 Å². The maximum Gasteiger partial charge on any atom is 0.358 e. The first-order valence-electron chi connectivity index (χ1n) is 3.86. The molecular formula is C7H11N3O4. The molecule has 0 amide bonds. The SMILES string of the molecule is COCC(OC)c1n[nH]nc1C(=O)O. The van der Waals surface area contributed by atoms with Crippen LogP contribution in [0.15, 0.2) is 0 Å². The zero-order valence-electron chi connectivity index (χ0n) is 7.85. The third kappa shape index (κ3) is 2.06. The molecule has 0 bridgehead atoms. The highest BCUT2D eigenvalue weighted by atomic mass is 16.5. The van der Waals surface area contributed by atoms with Crippen LogP contribution in [0.4, 0.5) is 0 Å². The Labute approximate surface area is 80.0 Å². The van der Waals surface area contributed by atoms with Gasteiger partial charge in [-0.15, -0.1) is 5.10 Å². The number of hydrogen-bond donors (Lipinski definition) is 2. The minimum absolute atomic E-state index is 0.145. The minimum atomic E-state index is -1.15. The molecule has 1 aromatic heterocycles. The Bertz CT molecular complexity index is 312. The molecule has 0 saturated carbocycles. The minimum Gasteiger partial charge on any atom is -0.476 e. The van der Waals surface area contributed by atoms with Crippen LogP contribution in [0.25, 0.3) is 0 Å². The molecule has 0 aromatic carbocycles. The first-order valence-corrected chi connectivity index (χ1v) is 3.86. The number of carbonyl (C=O) groups is 1. The topological polar surface area (TPSA) is 97.3 Å². The van der Waals surface area contributed by atoms with Crippen LogP contribution in [0.3, 0.4) is 0 Å². The third-order valence-corrected chi connectivity index (χ3v) is 1.68. The Morgan fingerprint density at radius 2 is 2.29 bits per heavy atom. The Hall–Kier alpha value is -1.47. The molecule has 0 aliphatic carbocycles. The molecule has 0 saturated heterocycles. The molecule has 1 heterocycles. The summed E-state index contributed by atoms with van der Waals surface area (Å²) in [6, 6.07) is 0. The molecule has 2 N–H and O–H groups in total. The number of hydrogen-bond acceptors (Lipinski definition) is 5. The summed E-state index contributed by atoms with van der Waals surface area (Å²) in [5.74, 6) is -1.15. The van der Waals surface area contributed by atoms with Crippen molar-refractivity contribution in [2.24, 2.45) is 0 Å². The molecule has 0 aliphatic rings. The lowest BCUT2D eigenvalue weighted by Crippen LogP contribution is -2.13. The molecule has 1 aromatic rings. The molecule has 14 heavy (non-hydrogen) atoms. The number of nitrogens with zero attached hydrogens (tertiary/aromatic N) is 2. The average molecular weight is 201 g/mol. The van der Waals surface area contributed by atoms with Crippen molar-refractivity contribution in [1.29, 1.82) is 0 Å². The fraction of sp³-hybridized carbons (Fsp3) is 0.571. The second kappa shape index (κ2) is 4.68. The first-order chi connectivity index (χ1) is 6.70. The van der Waals surface area contributed by atoms with Crippen molar-refractivity contribution in [3.63, 3.8) is 0 Å². The smallest absolute Gasteiger partial charge is 0.358 e. The standard InChI is InChI=1S/C7H11N3O4/c1-13-3-4(14-2)5-6(7(11)12)9-10-8-5/h4H,3H2,1-2H3,(H,11,12)(H,8,9,10). The van der Waals surface area contributed by atoms with Crippen LogP contribution in [0.1, 0.15) is 22.3 Å². The van der Waals surface area contributed by atoms with Crippen LogP contribution in [0.2, 0.25) is 0 Å². The largest absolute Gasteiger partial charge is 0.476 e. The highest BCUT2D eigenvalue weighted by Crippen LogP contribution is 2.16. The van der Waals surface area contributed by atoms with Gasteiger partial charge < -0.3 is 14.6 Å². The molecular weight excluding hydrogens is 190 g/mol. The molecule has 7 nitrogen and oxygen atoms in total. The molecule has 1 rings (SSSR count). The monoisotopic (exact) mass is 201 g/mol. The van der Waals surface area contributed by atoms with E-state index >= 15 is 0 Å². The predicted molar refractivity (Wildman–Crippen MR) is 45.0 cm³/mol. The summed E-state index contributed by atoms with van der Waals surface area (Å²) in [4.78, 5) is 10.7. The zero-order valence-corrected chi connectivity index (χ0v) is 7.85. The van der Waals surface area contributed by atoms with E-state index in [-0.39, 0.29) is 18.0 Å². The number of rotatable bonds is 5. The molecule has 78 valence electrons. The van der Waals surface area contributed by atoms with Gasteiger partial charge in [0.1, 0.15) is 11.8 Å². The van der Waals surface area contributed by atoms with Gasteiger partial charge in [-0.2, -0.15) is 10.3 Å². The normalized spacial score (nSPS) is 12.7. The average Bonchev–Trinajstić information content (AvgIpc) is 2.62. The number of aromatic carboxylic acids is 1. The molecule has 0 radical (unpaired) electrons. The van der Waals surface area contributed by atoms with Crippen LogP contribution >= 0.6 is 0 Å². The number of ether oxygens (including phenoxy) is 2. The molecule has 1 atom stereocenters. The van der Waals surface area contributed by atoms with Gasteiger partial charge in [-0.25, -0.2) is 4.79 Å². The van der Waals surface area contributed by atoms with Crippen LogP contribution in [-0.2, 0) is 9.47 Å². The molecule has 1 unspecified atom stereocenters. The van der Waals surface area contributed by atoms with Gasteiger partial charge in [-0.05, 0) is 0 Å². The number of methoxy groups -OCH3 is 2. The van der Waals surface area contributed by atoms with Crippen molar-refractivity contribution < 1.29 is 19.4 Å². The van der Waals surface area contributed by atoms with Gasteiger partial charge in [0.05, 0.1) is 6.61 Å². The second-order valence-corrected chi connectivity index (χ2v) is 2.54. The van der Waals surface area contributed by atoms with Crippen molar-refractivity contribution in [3.05, 3.63) is 11.4 Å². The summed E-state index contributed by atoms with van der Waals surface area (Å²) >= 11 is 0. The highest BCUT2D eigenvalue weighted by Gasteiger charge is 2.23. The molecule has 7 heteroatoms. The van der Waals surface area contributed by atoms with Gasteiger partial charge >= 0.3 is 5.97 Å². The van der Waals surface area contributed by atoms with E-state index in [0.717, 1.165) is 0 Å². The van der Waals surface area contributed by atoms with Crippen LogP contribution < -0.4 is 0 Å². The highest BCUT2D eigenvalue weighted by molar-refractivity contribution is 5.86. The number of aromatic amines is 1. The van der Waals surface area contributed by atoms with Gasteiger partial charge in [0, 0.05) is 14.2 Å². The Morgan fingerprint density at radius 3 is 2.79 bits per heavy atom. The van der Waals surface area contributed by atoms with Crippen LogP contribution in [-0.4, -0.2) is 47.3 Å². The Morgan fingerprint density at radius 1 is 1.57 bits per heavy atom. The zero-order chi connectivity index (χ0) is 10.6. The van der Waals surface area contributed by atoms with Gasteiger partial charge in [-0.1, -0.05) is 0 Å². The van der Waals surface area contributed by atoms with E-state index in [0.29, 0.717) is 0 Å². The summed E-state index contributed by atoms with van der Waals surface area (Å²) in [5.41, 5.74) is 0.0933. The van der Waals surface area contributed by atoms with E-state index in [1.807, 2.05) is 0 Å². The van der Waals surface area contributed by atoms with Gasteiger partial charge in [0.25, 0.3) is 0 Å². The molecule has 0 spiro atoms. The van der Waals surface area contributed by atoms with E-state index in [2.05, 4.69) is 15.4 Å². The van der Waals surface area contributed by atoms with Crippen molar-refractivity contribution in [2.75, 3.05) is 20.8 Å². The number of carboxylic acids is 1. The van der Waals surface area contributed by atoms with Crippen LogP contribution in [0, 0.1) is 0 Å². The molecule has 0 aliphatic heterocycles. The van der Waals surface area contributed by atoms with E-state index < -0.39 is 12.1 Å². The number of aromatic nitrogens is 3. The van der Waals surface area contributed by atoms with Crippen molar-refractivity contribution >= 4 is 5.97 Å². The van der Waals surface area contributed by atoms with Crippen molar-refractivity contribution in [3.8, 4) is 0 Å². The van der Waals surface area contributed by atoms with Crippen molar-refractivity contribution in [1.82, 2.24) is 15.4 Å². The lowest BCUT2D eigenvalue weighted by Gasteiger charge is -2.11. The Balaban J connectivity index is 2.91. The Kier molecular flexibility index (Phi) is 3.55. The first kappa shape index (κ1) is 10.6. The lowest BCUT2D eigenvalue weighted by atomic mass is 10.2. The summed E-state index contributed by atoms with van der Waals surface area (Å²) in [7, 11) is 2.94. The summed E-state index contributed by atoms with van der Waals surface area (Å²) in [6.07, 6.45) is -0.523. The third-order valence-electron chi connectivity index (χ3n) is 1.68. The summed E-state index contributed by atoms with van der Waals surface area (Å²) < 4.78 is 9.87. The summed E-state index contributed by atoms with van der Waals surface area (Å²) in [5, 5.41) is 18.2. The van der Waals surface area contributed by atoms with E-state index in [9.17, 15) is 4.79 Å². The second-order valence-electron chi connectivity index (χ2n) is 2.54.